The van der Waals surface area contributed by atoms with Crippen molar-refractivity contribution in [3.05, 3.63) is 89.5 Å². The molecule has 4 amide bonds. The number of carbonyl (C=O) groups is 4. The van der Waals surface area contributed by atoms with Crippen LogP contribution in [0.1, 0.15) is 30.0 Å². The molecule has 4 aliphatic heterocycles. The summed E-state index contributed by atoms with van der Waals surface area (Å²) in [6.07, 6.45) is -20.3. The number of hydrogen-bond acceptors (Lipinski definition) is 16. The van der Waals surface area contributed by atoms with Crippen molar-refractivity contribution in [2.24, 2.45) is 5.92 Å². The van der Waals surface area contributed by atoms with Gasteiger partial charge in [0.05, 0.1) is 31.4 Å². The van der Waals surface area contributed by atoms with Gasteiger partial charge in [0.25, 0.3) is 17.7 Å². The summed E-state index contributed by atoms with van der Waals surface area (Å²) in [6, 6.07) is 19.6. The van der Waals surface area contributed by atoms with Crippen LogP contribution in [0.5, 0.6) is 0 Å². The van der Waals surface area contributed by atoms with E-state index >= 15 is 8.90 Å². The van der Waals surface area contributed by atoms with Gasteiger partial charge in [0.2, 0.25) is 14.3 Å². The summed E-state index contributed by atoms with van der Waals surface area (Å²) in [4.78, 5) is 58.6. The Morgan fingerprint density at radius 3 is 1.85 bits per heavy atom. The van der Waals surface area contributed by atoms with Gasteiger partial charge in [-0.1, -0.05) is 49.4 Å². The third kappa shape index (κ3) is 9.38. The highest BCUT2D eigenvalue weighted by molar-refractivity contribution is 6.72. The van der Waals surface area contributed by atoms with E-state index in [9.17, 15) is 60.3 Å². The Labute approximate surface area is 378 Å². The molecular formula is C44H55FN4O16Si. The number of rotatable bonds is 13. The first-order chi connectivity index (χ1) is 31.2. The van der Waals surface area contributed by atoms with Crippen LogP contribution in [-0.2, 0) is 52.1 Å². The molecule has 66 heavy (non-hydrogen) atoms. The third-order valence-electron chi connectivity index (χ3n) is 12.8. The fraction of sp³-hybridized carbons (Fsp3) is 0.500. The SMILES string of the molecule is C[C@@H]1[C@@H]([Si](C)(C)F)[C@H](CC(=O)N(CCO)Cc2ccccc2)O[C@@]12C(=O)N(Cc1ccc(NC(=O)[C@H]3O[C@@H](O)[C@H](O)[C@@H](O)[C@@H]3O)cc1)c1ccc(NC(=O)[C@H]3O[C@@H](O)[C@H](O)[C@@H](O)[C@@H]3O)cc12. The highest BCUT2D eigenvalue weighted by atomic mass is 28.4. The number of halogens is 1. The molecule has 0 saturated carbocycles. The summed E-state index contributed by atoms with van der Waals surface area (Å²) in [5.74, 6) is -3.93. The number of carbonyl (C=O) groups excluding carboxylic acids is 4. The van der Waals surface area contributed by atoms with Gasteiger partial charge in [-0.15, -0.1) is 0 Å². The van der Waals surface area contributed by atoms with E-state index in [4.69, 9.17) is 14.2 Å². The lowest BCUT2D eigenvalue weighted by Gasteiger charge is -2.37. The van der Waals surface area contributed by atoms with Crippen molar-refractivity contribution in [2.75, 3.05) is 28.7 Å². The third-order valence-corrected chi connectivity index (χ3v) is 15.3. The summed E-state index contributed by atoms with van der Waals surface area (Å²) in [6.45, 7) is 4.25. The molecule has 3 saturated heterocycles. The second kappa shape index (κ2) is 19.4. The highest BCUT2D eigenvalue weighted by Crippen LogP contribution is 2.60. The maximum absolute atomic E-state index is 16.8. The minimum atomic E-state index is -3.82. The van der Waals surface area contributed by atoms with Crippen LogP contribution in [0.15, 0.2) is 72.8 Å². The Morgan fingerprint density at radius 2 is 1.30 bits per heavy atom. The average Bonchev–Trinajstić information content (AvgIpc) is 3.70. The fourth-order valence-corrected chi connectivity index (χ4v) is 12.0. The van der Waals surface area contributed by atoms with Gasteiger partial charge in [-0.3, -0.25) is 19.2 Å². The molecule has 11 N–H and O–H groups in total. The molecule has 0 unspecified atom stereocenters. The molecule has 4 heterocycles. The minimum absolute atomic E-state index is 0.0254. The van der Waals surface area contributed by atoms with Gasteiger partial charge in [-0.2, -0.15) is 0 Å². The molecule has 1 spiro atoms. The molecule has 0 aromatic heterocycles. The van der Waals surface area contributed by atoms with Gasteiger partial charge in [0, 0.05) is 41.5 Å². The number of aliphatic hydroxyl groups is 9. The van der Waals surface area contributed by atoms with Crippen LogP contribution in [0.4, 0.5) is 21.2 Å². The van der Waals surface area contributed by atoms with Gasteiger partial charge in [-0.25, -0.2) is 0 Å². The summed E-state index contributed by atoms with van der Waals surface area (Å²) in [7, 11) is -3.82. The number of hydrogen-bond donors (Lipinski definition) is 11. The van der Waals surface area contributed by atoms with Gasteiger partial charge < -0.3 is 84.7 Å². The summed E-state index contributed by atoms with van der Waals surface area (Å²) < 4.78 is 33.7. The average molecular weight is 943 g/mol. The fourth-order valence-electron chi connectivity index (χ4n) is 9.46. The summed E-state index contributed by atoms with van der Waals surface area (Å²) in [5.41, 5.74) is -0.828. The molecule has 4 aliphatic rings. The number of anilines is 3. The molecule has 20 nitrogen and oxygen atoms in total. The van der Waals surface area contributed by atoms with Gasteiger partial charge >= 0.3 is 0 Å². The maximum atomic E-state index is 16.8. The lowest BCUT2D eigenvalue weighted by Crippen LogP contribution is -2.60. The number of nitrogens with zero attached hydrogens (tertiary/aromatic N) is 2. The molecule has 0 radical (unpaired) electrons. The lowest BCUT2D eigenvalue weighted by molar-refractivity contribution is -0.274. The molecule has 7 rings (SSSR count). The van der Waals surface area contributed by atoms with Crippen molar-refractivity contribution in [1.29, 1.82) is 0 Å². The predicted molar refractivity (Wildman–Crippen MR) is 231 cm³/mol. The summed E-state index contributed by atoms with van der Waals surface area (Å²) in [5, 5.41) is 95.8. The number of amides is 4. The van der Waals surface area contributed by atoms with Crippen LogP contribution in [0.3, 0.4) is 0 Å². The molecule has 14 atom stereocenters. The second-order valence-corrected chi connectivity index (χ2v) is 21.4. The molecule has 3 aromatic carbocycles. The van der Waals surface area contributed by atoms with Crippen molar-refractivity contribution in [2.45, 2.75) is 118 Å². The van der Waals surface area contributed by atoms with Crippen molar-refractivity contribution >= 4 is 49.1 Å². The predicted octanol–water partition coefficient (Wildman–Crippen LogP) is -1.10. The lowest BCUT2D eigenvalue weighted by atomic mass is 9.82. The van der Waals surface area contributed by atoms with Crippen LogP contribution in [-0.4, -0.2) is 164 Å². The normalized spacial score (nSPS) is 33.1. The first kappa shape index (κ1) is 49.1. The zero-order valence-electron chi connectivity index (χ0n) is 36.1. The zero-order chi connectivity index (χ0) is 48.0. The summed E-state index contributed by atoms with van der Waals surface area (Å²) >= 11 is 0. The van der Waals surface area contributed by atoms with E-state index in [0.717, 1.165) is 5.56 Å². The van der Waals surface area contributed by atoms with E-state index in [1.54, 1.807) is 31.2 Å². The van der Waals surface area contributed by atoms with Gasteiger partial charge in [-0.05, 0) is 54.6 Å². The van der Waals surface area contributed by atoms with E-state index < -0.39 is 117 Å². The molecular weight excluding hydrogens is 888 g/mol. The molecule has 3 fully saturated rings. The zero-order valence-corrected chi connectivity index (χ0v) is 37.1. The minimum Gasteiger partial charge on any atom is -0.395 e. The van der Waals surface area contributed by atoms with Crippen LogP contribution < -0.4 is 15.5 Å². The number of aliphatic hydroxyl groups excluding tert-OH is 9. The van der Waals surface area contributed by atoms with Crippen molar-refractivity contribution in [3.63, 3.8) is 0 Å². The van der Waals surface area contributed by atoms with Crippen LogP contribution >= 0.6 is 0 Å². The van der Waals surface area contributed by atoms with Crippen LogP contribution in [0.25, 0.3) is 0 Å². The van der Waals surface area contributed by atoms with Crippen molar-refractivity contribution in [1.82, 2.24) is 4.90 Å². The number of fused-ring (bicyclic) bond motifs is 2. The Kier molecular flexibility index (Phi) is 14.5. The molecule has 358 valence electrons. The van der Waals surface area contributed by atoms with Gasteiger partial charge in [0.15, 0.2) is 30.4 Å². The van der Waals surface area contributed by atoms with E-state index in [2.05, 4.69) is 10.6 Å². The number of benzene rings is 3. The van der Waals surface area contributed by atoms with E-state index in [1.807, 2.05) is 18.2 Å². The van der Waals surface area contributed by atoms with Crippen molar-refractivity contribution < 1.29 is 83.5 Å². The second-order valence-electron chi connectivity index (χ2n) is 17.6. The Balaban J connectivity index is 1.20. The monoisotopic (exact) mass is 942 g/mol. The standard InChI is InChI=1S/C44H55FN4O16Si/c1-21-38(66(2,3)45)28(18-29(51)48(15-16-50)19-22-7-5-4-6-8-22)65-44(21)26-17-25(47-40(59)37-33(55)31(53)35(57)42(61)64-37)13-14-27(26)49(43(44)62)20-23-9-11-24(12-10-23)46-39(58)36-32(54)30(52)34(56)41(60)63-36/h4-14,17,21,28,30-38,41-42,50,52-57,60-61H,15-16,18-20H2,1-3H3,(H,46,58)(H,47,59)/t21-,28+,30+,31+,32+,33+,34-,35-,36+,37+,38-,41-,42-,44+/m1/s1. The number of nitrogens with one attached hydrogen (secondary N) is 2. The Morgan fingerprint density at radius 1 is 0.758 bits per heavy atom. The van der Waals surface area contributed by atoms with Crippen molar-refractivity contribution in [3.8, 4) is 0 Å². The molecule has 22 heteroatoms. The number of ether oxygens (including phenoxy) is 3. The molecule has 0 aliphatic carbocycles. The van der Waals surface area contributed by atoms with E-state index in [0.29, 0.717) is 11.3 Å². The quantitative estimate of drug-likeness (QED) is 0.0716. The van der Waals surface area contributed by atoms with Gasteiger partial charge in [0.1, 0.15) is 36.6 Å². The smallest absolute Gasteiger partial charge is 0.264 e. The van der Waals surface area contributed by atoms with E-state index in [-0.39, 0.29) is 49.6 Å². The molecule has 3 aromatic rings. The highest BCUT2D eigenvalue weighted by Gasteiger charge is 2.67. The van der Waals surface area contributed by atoms with Crippen LogP contribution in [0, 0.1) is 5.92 Å². The molecule has 0 bridgehead atoms. The Bertz CT molecular complexity index is 2260. The Hall–Kier alpha value is -4.79. The van der Waals surface area contributed by atoms with Crippen LogP contribution in [0.2, 0.25) is 18.6 Å². The maximum Gasteiger partial charge on any atom is 0.264 e. The largest absolute Gasteiger partial charge is 0.395 e. The van der Waals surface area contributed by atoms with E-state index in [1.165, 1.54) is 53.2 Å². The first-order valence-corrected chi connectivity index (χ1v) is 24.3. The topological polar surface area (TPSA) is 309 Å². The first-order valence-electron chi connectivity index (χ1n) is 21.4.